The Morgan fingerprint density at radius 1 is 1.44 bits per heavy atom. The average molecular weight is 248 g/mol. The second-order valence-corrected chi connectivity index (χ2v) is 4.45. The summed E-state index contributed by atoms with van der Waals surface area (Å²) in [6.45, 7) is 5.08. The van der Waals surface area contributed by atoms with E-state index in [2.05, 4.69) is 16.8 Å². The van der Waals surface area contributed by atoms with E-state index in [0.29, 0.717) is 0 Å². The van der Waals surface area contributed by atoms with E-state index < -0.39 is 0 Å². The number of nitrogens with one attached hydrogen (secondary N) is 1. The third-order valence-electron chi connectivity index (χ3n) is 3.20. The first-order valence-corrected chi connectivity index (χ1v) is 6.12. The molecule has 4 heteroatoms. The number of piperidine rings is 1. The van der Waals surface area contributed by atoms with Gasteiger partial charge in [0, 0.05) is 24.8 Å². The van der Waals surface area contributed by atoms with Crippen LogP contribution in [0.1, 0.15) is 12.8 Å². The van der Waals surface area contributed by atoms with Crippen LogP contribution in [0.25, 0.3) is 0 Å². The molecule has 0 aliphatic carbocycles. The SMILES string of the molecule is C=CC(=O)NC1CCN(c2cccc(F)c2)CC1. The van der Waals surface area contributed by atoms with Crippen LogP contribution in [0, 0.1) is 5.82 Å². The van der Waals surface area contributed by atoms with Gasteiger partial charge in [0.2, 0.25) is 5.91 Å². The average Bonchev–Trinajstić information content (AvgIpc) is 2.39. The van der Waals surface area contributed by atoms with E-state index in [0.717, 1.165) is 31.6 Å². The molecule has 18 heavy (non-hydrogen) atoms. The maximum Gasteiger partial charge on any atom is 0.243 e. The monoisotopic (exact) mass is 248 g/mol. The number of hydrogen-bond acceptors (Lipinski definition) is 2. The number of nitrogens with zero attached hydrogens (tertiary/aromatic N) is 1. The Labute approximate surface area is 106 Å². The van der Waals surface area contributed by atoms with E-state index in [1.54, 1.807) is 12.1 Å². The number of anilines is 1. The maximum absolute atomic E-state index is 13.1. The Bertz CT molecular complexity index is 439. The third kappa shape index (κ3) is 3.09. The quantitative estimate of drug-likeness (QED) is 0.831. The Hall–Kier alpha value is -1.84. The summed E-state index contributed by atoms with van der Waals surface area (Å²) < 4.78 is 13.1. The summed E-state index contributed by atoms with van der Waals surface area (Å²) >= 11 is 0. The maximum atomic E-state index is 13.1. The van der Waals surface area contributed by atoms with Crippen molar-refractivity contribution in [1.29, 1.82) is 0 Å². The highest BCUT2D eigenvalue weighted by molar-refractivity contribution is 5.87. The molecule has 1 amide bonds. The van der Waals surface area contributed by atoms with E-state index in [1.165, 1.54) is 12.1 Å². The zero-order valence-electron chi connectivity index (χ0n) is 10.2. The zero-order valence-corrected chi connectivity index (χ0v) is 10.2. The molecule has 2 rings (SSSR count). The molecular formula is C14H17FN2O. The number of amides is 1. The number of carbonyl (C=O) groups is 1. The molecule has 1 aliphatic heterocycles. The second kappa shape index (κ2) is 5.67. The van der Waals surface area contributed by atoms with Crippen molar-refractivity contribution in [3.05, 3.63) is 42.7 Å². The highest BCUT2D eigenvalue weighted by Gasteiger charge is 2.20. The van der Waals surface area contributed by atoms with Crippen LogP contribution in [0.5, 0.6) is 0 Å². The van der Waals surface area contributed by atoms with Crippen molar-refractivity contribution >= 4 is 11.6 Å². The number of hydrogen-bond donors (Lipinski definition) is 1. The zero-order chi connectivity index (χ0) is 13.0. The van der Waals surface area contributed by atoms with Crippen molar-refractivity contribution in [3.8, 4) is 0 Å². The van der Waals surface area contributed by atoms with Crippen LogP contribution < -0.4 is 10.2 Å². The first kappa shape index (κ1) is 12.6. The van der Waals surface area contributed by atoms with Gasteiger partial charge in [0.05, 0.1) is 0 Å². The van der Waals surface area contributed by atoms with Gasteiger partial charge in [-0.3, -0.25) is 4.79 Å². The van der Waals surface area contributed by atoms with Crippen molar-refractivity contribution in [2.24, 2.45) is 0 Å². The van der Waals surface area contributed by atoms with Crippen molar-refractivity contribution in [2.45, 2.75) is 18.9 Å². The number of carbonyl (C=O) groups excluding carboxylic acids is 1. The van der Waals surface area contributed by atoms with Crippen LogP contribution in [-0.4, -0.2) is 25.0 Å². The van der Waals surface area contributed by atoms with E-state index in [4.69, 9.17) is 0 Å². The lowest BCUT2D eigenvalue weighted by atomic mass is 10.0. The first-order chi connectivity index (χ1) is 8.69. The van der Waals surface area contributed by atoms with Crippen LogP contribution in [0.15, 0.2) is 36.9 Å². The molecule has 1 heterocycles. The van der Waals surface area contributed by atoms with Crippen molar-refractivity contribution in [3.63, 3.8) is 0 Å². The van der Waals surface area contributed by atoms with Gasteiger partial charge in [0.1, 0.15) is 5.82 Å². The molecule has 1 aliphatic rings. The van der Waals surface area contributed by atoms with Gasteiger partial charge in [-0.1, -0.05) is 12.6 Å². The summed E-state index contributed by atoms with van der Waals surface area (Å²) in [4.78, 5) is 13.3. The summed E-state index contributed by atoms with van der Waals surface area (Å²) in [6.07, 6.45) is 3.03. The lowest BCUT2D eigenvalue weighted by molar-refractivity contribution is -0.117. The summed E-state index contributed by atoms with van der Waals surface area (Å²) in [6, 6.07) is 6.81. The predicted molar refractivity (Wildman–Crippen MR) is 70.0 cm³/mol. The molecule has 0 saturated carbocycles. The van der Waals surface area contributed by atoms with Gasteiger partial charge in [-0.05, 0) is 37.1 Å². The summed E-state index contributed by atoms with van der Waals surface area (Å²) in [7, 11) is 0. The van der Waals surface area contributed by atoms with Crippen LogP contribution >= 0.6 is 0 Å². The molecule has 1 saturated heterocycles. The van der Waals surface area contributed by atoms with Gasteiger partial charge >= 0.3 is 0 Å². The van der Waals surface area contributed by atoms with Crippen LogP contribution in [0.2, 0.25) is 0 Å². The molecule has 1 aromatic rings. The van der Waals surface area contributed by atoms with Gasteiger partial charge in [-0.2, -0.15) is 0 Å². The molecular weight excluding hydrogens is 231 g/mol. The van der Waals surface area contributed by atoms with Crippen LogP contribution in [0.3, 0.4) is 0 Å². The summed E-state index contributed by atoms with van der Waals surface area (Å²) in [5.74, 6) is -0.339. The molecule has 1 aromatic carbocycles. The van der Waals surface area contributed by atoms with E-state index in [-0.39, 0.29) is 17.8 Å². The second-order valence-electron chi connectivity index (χ2n) is 4.45. The standard InChI is InChI=1S/C14H17FN2O/c1-2-14(18)16-12-6-8-17(9-7-12)13-5-3-4-11(15)10-13/h2-5,10,12H,1,6-9H2,(H,16,18). The van der Waals surface area contributed by atoms with Crippen LogP contribution in [0.4, 0.5) is 10.1 Å². The van der Waals surface area contributed by atoms with E-state index in [9.17, 15) is 9.18 Å². The lowest BCUT2D eigenvalue weighted by Crippen LogP contribution is -2.44. The van der Waals surface area contributed by atoms with Gasteiger partial charge in [-0.25, -0.2) is 4.39 Å². The number of benzene rings is 1. The van der Waals surface area contributed by atoms with Gasteiger partial charge in [-0.15, -0.1) is 0 Å². The highest BCUT2D eigenvalue weighted by Crippen LogP contribution is 2.20. The van der Waals surface area contributed by atoms with Gasteiger partial charge < -0.3 is 10.2 Å². The van der Waals surface area contributed by atoms with E-state index in [1.807, 2.05) is 6.07 Å². The Kier molecular flexibility index (Phi) is 3.97. The summed E-state index contributed by atoms with van der Waals surface area (Å²) in [5.41, 5.74) is 0.906. The largest absolute Gasteiger partial charge is 0.371 e. The topological polar surface area (TPSA) is 32.3 Å². The molecule has 96 valence electrons. The molecule has 0 bridgehead atoms. The van der Waals surface area contributed by atoms with Crippen molar-refractivity contribution in [2.75, 3.05) is 18.0 Å². The third-order valence-corrected chi connectivity index (χ3v) is 3.20. The Balaban J connectivity index is 1.90. The molecule has 0 aromatic heterocycles. The van der Waals surface area contributed by atoms with Crippen molar-refractivity contribution < 1.29 is 9.18 Å². The smallest absolute Gasteiger partial charge is 0.243 e. The fourth-order valence-corrected chi connectivity index (χ4v) is 2.21. The number of halogens is 1. The molecule has 3 nitrogen and oxygen atoms in total. The molecule has 0 atom stereocenters. The Morgan fingerprint density at radius 2 is 2.17 bits per heavy atom. The minimum Gasteiger partial charge on any atom is -0.371 e. The van der Waals surface area contributed by atoms with Crippen molar-refractivity contribution in [1.82, 2.24) is 5.32 Å². The first-order valence-electron chi connectivity index (χ1n) is 6.12. The fraction of sp³-hybridized carbons (Fsp3) is 0.357. The Morgan fingerprint density at radius 3 is 2.78 bits per heavy atom. The normalized spacial score (nSPS) is 16.4. The predicted octanol–water partition coefficient (Wildman–Crippen LogP) is 2.10. The van der Waals surface area contributed by atoms with Gasteiger partial charge in [0.15, 0.2) is 0 Å². The molecule has 1 N–H and O–H groups in total. The van der Waals surface area contributed by atoms with Crippen LogP contribution in [-0.2, 0) is 4.79 Å². The molecule has 1 fully saturated rings. The summed E-state index contributed by atoms with van der Waals surface area (Å²) in [5, 5.41) is 2.89. The minimum atomic E-state index is -0.213. The van der Waals surface area contributed by atoms with Gasteiger partial charge in [0.25, 0.3) is 0 Å². The lowest BCUT2D eigenvalue weighted by Gasteiger charge is -2.33. The molecule has 0 radical (unpaired) electrons. The molecule has 0 spiro atoms. The van der Waals surface area contributed by atoms with E-state index >= 15 is 0 Å². The fourth-order valence-electron chi connectivity index (χ4n) is 2.21. The number of rotatable bonds is 3. The minimum absolute atomic E-state index is 0.126. The molecule has 0 unspecified atom stereocenters. The highest BCUT2D eigenvalue weighted by atomic mass is 19.1.